The Morgan fingerprint density at radius 1 is 1.09 bits per heavy atom. The predicted molar refractivity (Wildman–Crippen MR) is 135 cm³/mol. The number of carbonyl (C=O) groups is 1. The van der Waals surface area contributed by atoms with Gasteiger partial charge in [-0.25, -0.2) is 0 Å². The zero-order valence-corrected chi connectivity index (χ0v) is 19.6. The Morgan fingerprint density at radius 3 is 2.59 bits per heavy atom. The first-order valence-electron chi connectivity index (χ1n) is 11.2. The number of nitrogens with one attached hydrogen (secondary N) is 2. The number of benzene rings is 3. The molecule has 0 spiro atoms. The third kappa shape index (κ3) is 5.05. The Balaban J connectivity index is 1.54. The van der Waals surface area contributed by atoms with Crippen LogP contribution in [-0.4, -0.2) is 37.6 Å². The molecule has 0 aliphatic carbocycles. The lowest BCUT2D eigenvalue weighted by atomic mass is 9.90. The normalized spacial score (nSPS) is 12.5. The molecule has 3 aromatic carbocycles. The number of para-hydroxylation sites is 1. The summed E-state index contributed by atoms with van der Waals surface area (Å²) in [6.45, 7) is 2.13. The number of hydrogen-bond acceptors (Lipinski definition) is 4. The van der Waals surface area contributed by atoms with E-state index in [1.165, 1.54) is 0 Å². The van der Waals surface area contributed by atoms with Gasteiger partial charge in [0.15, 0.2) is 6.10 Å². The summed E-state index contributed by atoms with van der Waals surface area (Å²) in [5.74, 6) is 0.247. The number of H-pyrrole nitrogens is 1. The highest BCUT2D eigenvalue weighted by molar-refractivity contribution is 5.85. The number of amides is 1. The molecule has 0 aliphatic rings. The Morgan fingerprint density at radius 2 is 1.85 bits per heavy atom. The second-order valence-corrected chi connectivity index (χ2v) is 8.47. The lowest BCUT2D eigenvalue weighted by molar-refractivity contribution is -0.127. The maximum absolute atomic E-state index is 12.9. The fraction of sp³-hybridized carbons (Fsp3) is 0.214. The highest BCUT2D eigenvalue weighted by atomic mass is 16.5. The van der Waals surface area contributed by atoms with E-state index in [-0.39, 0.29) is 11.8 Å². The first-order valence-corrected chi connectivity index (χ1v) is 11.2. The van der Waals surface area contributed by atoms with Crippen LogP contribution >= 0.6 is 0 Å². The minimum Gasteiger partial charge on any atom is -0.481 e. The second kappa shape index (κ2) is 10.1. The van der Waals surface area contributed by atoms with Crippen molar-refractivity contribution in [2.75, 3.05) is 25.5 Å². The van der Waals surface area contributed by atoms with Crippen molar-refractivity contribution in [2.45, 2.75) is 18.9 Å². The van der Waals surface area contributed by atoms with Crippen molar-refractivity contribution in [2.24, 2.45) is 0 Å². The number of fused-ring (bicyclic) bond motifs is 1. The van der Waals surface area contributed by atoms with Crippen molar-refractivity contribution in [3.8, 4) is 11.8 Å². The number of nitriles is 1. The van der Waals surface area contributed by atoms with E-state index in [1.807, 2.05) is 32.4 Å². The summed E-state index contributed by atoms with van der Waals surface area (Å²) in [5.41, 5.74) is 4.92. The zero-order valence-electron chi connectivity index (χ0n) is 19.6. The number of hydrogen-bond donors (Lipinski definition) is 2. The summed E-state index contributed by atoms with van der Waals surface area (Å²) in [6, 6.07) is 25.5. The molecule has 6 nitrogen and oxygen atoms in total. The standard InChI is InChI=1S/C28H28N4O2/c1-19(34-23-8-6-7-20(15-23)16-29)28(33)31-17-25(21-11-13-22(14-12-21)32(2)3)26-18-30-27-10-5-4-9-24(26)27/h4-15,18-19,25,30H,17H2,1-3H3,(H,31,33). The van der Waals surface area contributed by atoms with E-state index in [2.05, 4.69) is 57.7 Å². The number of nitrogens with zero attached hydrogens (tertiary/aromatic N) is 2. The third-order valence-corrected chi connectivity index (χ3v) is 5.93. The highest BCUT2D eigenvalue weighted by Crippen LogP contribution is 2.31. The van der Waals surface area contributed by atoms with Crippen LogP contribution in [0.5, 0.6) is 5.75 Å². The van der Waals surface area contributed by atoms with Crippen molar-refractivity contribution in [1.82, 2.24) is 10.3 Å². The van der Waals surface area contributed by atoms with E-state index < -0.39 is 6.10 Å². The van der Waals surface area contributed by atoms with E-state index in [0.29, 0.717) is 17.9 Å². The number of anilines is 1. The molecule has 1 amide bonds. The molecule has 1 aromatic heterocycles. The molecule has 34 heavy (non-hydrogen) atoms. The van der Waals surface area contributed by atoms with Crippen molar-refractivity contribution in [1.29, 1.82) is 5.26 Å². The molecule has 4 rings (SSSR count). The quantitative estimate of drug-likeness (QED) is 0.402. The molecule has 0 radical (unpaired) electrons. The van der Waals surface area contributed by atoms with Crippen molar-refractivity contribution in [3.63, 3.8) is 0 Å². The topological polar surface area (TPSA) is 81.2 Å². The van der Waals surface area contributed by atoms with Crippen molar-refractivity contribution >= 4 is 22.5 Å². The minimum absolute atomic E-state index is 0.0366. The van der Waals surface area contributed by atoms with Gasteiger partial charge < -0.3 is 19.9 Å². The molecule has 172 valence electrons. The average molecular weight is 453 g/mol. The summed E-state index contributed by atoms with van der Waals surface area (Å²) in [6.07, 6.45) is 1.32. The maximum Gasteiger partial charge on any atom is 0.260 e. The Bertz CT molecular complexity index is 1320. The lowest BCUT2D eigenvalue weighted by Gasteiger charge is -2.21. The van der Waals surface area contributed by atoms with Gasteiger partial charge in [-0.2, -0.15) is 5.26 Å². The van der Waals surface area contributed by atoms with Gasteiger partial charge in [0.1, 0.15) is 5.75 Å². The van der Waals surface area contributed by atoms with Gasteiger partial charge in [-0.3, -0.25) is 4.79 Å². The average Bonchev–Trinajstić information content (AvgIpc) is 3.28. The fourth-order valence-corrected chi connectivity index (χ4v) is 4.04. The molecular weight excluding hydrogens is 424 g/mol. The molecule has 0 saturated heterocycles. The molecule has 0 fully saturated rings. The maximum atomic E-state index is 12.9. The van der Waals surface area contributed by atoms with E-state index in [9.17, 15) is 4.79 Å². The predicted octanol–water partition coefficient (Wildman–Crippen LogP) is 4.82. The molecule has 4 aromatic rings. The van der Waals surface area contributed by atoms with Crippen molar-refractivity contribution < 1.29 is 9.53 Å². The molecular formula is C28H28N4O2. The minimum atomic E-state index is -0.700. The summed E-state index contributed by atoms with van der Waals surface area (Å²) in [5, 5.41) is 13.3. The Kier molecular flexibility index (Phi) is 6.84. The van der Waals surface area contributed by atoms with E-state index in [4.69, 9.17) is 10.00 Å². The molecule has 2 atom stereocenters. The summed E-state index contributed by atoms with van der Waals surface area (Å²) < 4.78 is 5.78. The molecule has 0 saturated carbocycles. The van der Waals surface area contributed by atoms with Crippen LogP contribution in [0.25, 0.3) is 10.9 Å². The van der Waals surface area contributed by atoms with Crippen LogP contribution in [0, 0.1) is 11.3 Å². The first-order chi connectivity index (χ1) is 16.5. The number of carbonyl (C=O) groups excluding carboxylic acids is 1. The second-order valence-electron chi connectivity index (χ2n) is 8.47. The van der Waals surface area contributed by atoms with Gasteiger partial charge in [0, 0.05) is 49.3 Å². The van der Waals surface area contributed by atoms with Crippen LogP contribution in [0.3, 0.4) is 0 Å². The molecule has 2 N–H and O–H groups in total. The van der Waals surface area contributed by atoms with E-state index in [1.54, 1.807) is 31.2 Å². The number of ether oxygens (including phenoxy) is 1. The van der Waals surface area contributed by atoms with Gasteiger partial charge in [-0.1, -0.05) is 36.4 Å². The number of rotatable bonds is 8. The van der Waals surface area contributed by atoms with Crippen molar-refractivity contribution in [3.05, 3.63) is 95.7 Å². The van der Waals surface area contributed by atoms with Gasteiger partial charge in [0.2, 0.25) is 0 Å². The molecule has 0 aliphatic heterocycles. The first kappa shape index (κ1) is 22.9. The van der Waals surface area contributed by atoms with Gasteiger partial charge in [0.05, 0.1) is 11.6 Å². The Labute approximate surface area is 199 Å². The van der Waals surface area contributed by atoms with Crippen LogP contribution in [0.4, 0.5) is 5.69 Å². The number of aromatic nitrogens is 1. The molecule has 1 heterocycles. The summed E-state index contributed by atoms with van der Waals surface area (Å²) >= 11 is 0. The third-order valence-electron chi connectivity index (χ3n) is 5.93. The largest absolute Gasteiger partial charge is 0.481 e. The zero-order chi connectivity index (χ0) is 24.1. The van der Waals surface area contributed by atoms with Gasteiger partial charge in [-0.15, -0.1) is 0 Å². The SMILES string of the molecule is CC(Oc1cccc(C#N)c1)C(=O)NCC(c1ccc(N(C)C)cc1)c1c[nH]c2ccccc12. The molecule has 0 bridgehead atoms. The summed E-state index contributed by atoms with van der Waals surface area (Å²) in [7, 11) is 4.03. The summed E-state index contributed by atoms with van der Waals surface area (Å²) in [4.78, 5) is 18.3. The monoisotopic (exact) mass is 452 g/mol. The smallest absolute Gasteiger partial charge is 0.260 e. The van der Waals surface area contributed by atoms with E-state index in [0.717, 1.165) is 27.7 Å². The highest BCUT2D eigenvalue weighted by Gasteiger charge is 2.22. The lowest BCUT2D eigenvalue weighted by Crippen LogP contribution is -2.38. The Hall–Kier alpha value is -4.24. The van der Waals surface area contributed by atoms with Crippen LogP contribution in [0.1, 0.15) is 29.5 Å². The fourth-order valence-electron chi connectivity index (χ4n) is 4.04. The van der Waals surface area contributed by atoms with Crippen LogP contribution in [0.2, 0.25) is 0 Å². The van der Waals surface area contributed by atoms with Crippen LogP contribution in [-0.2, 0) is 4.79 Å². The van der Waals surface area contributed by atoms with E-state index >= 15 is 0 Å². The van der Waals surface area contributed by atoms with Gasteiger partial charge >= 0.3 is 0 Å². The van der Waals surface area contributed by atoms with Gasteiger partial charge in [-0.05, 0) is 54.4 Å². The number of aromatic amines is 1. The molecule has 2 unspecified atom stereocenters. The molecule has 6 heteroatoms. The van der Waals surface area contributed by atoms with Crippen LogP contribution < -0.4 is 15.0 Å². The van der Waals surface area contributed by atoms with Gasteiger partial charge in [0.25, 0.3) is 5.91 Å². The van der Waals surface area contributed by atoms with Crippen LogP contribution in [0.15, 0.2) is 79.0 Å².